The van der Waals surface area contributed by atoms with Crippen molar-refractivity contribution in [3.05, 3.63) is 94.0 Å². The van der Waals surface area contributed by atoms with E-state index < -0.39 is 5.97 Å². The normalized spacial score (nSPS) is 11.1. The number of aryl methyl sites for hydroxylation is 2. The number of hydrogen-bond donors (Lipinski definition) is 1. The van der Waals surface area contributed by atoms with Gasteiger partial charge in [0.05, 0.1) is 6.42 Å². The van der Waals surface area contributed by atoms with E-state index >= 15 is 0 Å². The van der Waals surface area contributed by atoms with Crippen LogP contribution in [0.25, 0.3) is 0 Å². The molecule has 0 fully saturated rings. The zero-order valence-corrected chi connectivity index (χ0v) is 22.1. The Morgan fingerprint density at radius 3 is 1.51 bits per heavy atom. The molecule has 0 aliphatic rings. The lowest BCUT2D eigenvalue weighted by atomic mass is 9.80. The van der Waals surface area contributed by atoms with E-state index in [-0.39, 0.29) is 12.3 Å². The van der Waals surface area contributed by atoms with Crippen molar-refractivity contribution in [1.29, 1.82) is 0 Å². The summed E-state index contributed by atoms with van der Waals surface area (Å²) in [6.07, 6.45) is 0.0396. The van der Waals surface area contributed by atoms with Gasteiger partial charge in [-0.2, -0.15) is 0 Å². The largest absolute Gasteiger partial charge is 0.481 e. The average Bonchev–Trinajstić information content (AvgIpc) is 2.85. The van der Waals surface area contributed by atoms with Gasteiger partial charge >= 0.3 is 5.97 Å². The summed E-state index contributed by atoms with van der Waals surface area (Å²) in [7, 11) is 0. The van der Waals surface area contributed by atoms with Gasteiger partial charge in [0, 0.05) is 43.5 Å². The first kappa shape index (κ1) is 26.3. The Balaban J connectivity index is 2.23. The van der Waals surface area contributed by atoms with Crippen LogP contribution in [0.15, 0.2) is 60.7 Å². The fourth-order valence-corrected chi connectivity index (χ4v) is 4.98. The average molecular weight is 473 g/mol. The summed E-state index contributed by atoms with van der Waals surface area (Å²) in [5.41, 5.74) is 9.57. The molecular weight excluding hydrogens is 432 g/mol. The number of nitrogens with zero attached hydrogens (tertiary/aromatic N) is 2. The highest BCUT2D eigenvalue weighted by Gasteiger charge is 2.23. The summed E-state index contributed by atoms with van der Waals surface area (Å²) < 4.78 is 0. The topological polar surface area (TPSA) is 43.8 Å². The highest BCUT2D eigenvalue weighted by molar-refractivity contribution is 5.70. The van der Waals surface area contributed by atoms with Crippen LogP contribution in [0.5, 0.6) is 0 Å². The first-order chi connectivity index (χ1) is 16.8. The molecule has 3 rings (SSSR count). The van der Waals surface area contributed by atoms with E-state index in [1.54, 1.807) is 0 Å². The van der Waals surface area contributed by atoms with E-state index in [9.17, 15) is 9.90 Å². The highest BCUT2D eigenvalue weighted by Crippen LogP contribution is 2.39. The smallest absolute Gasteiger partial charge is 0.307 e. The molecule has 186 valence electrons. The highest BCUT2D eigenvalue weighted by atomic mass is 16.4. The number of aliphatic carboxylic acids is 1. The number of carbonyl (C=O) groups is 1. The molecule has 0 bridgehead atoms. The Kier molecular flexibility index (Phi) is 8.97. The Morgan fingerprint density at radius 1 is 0.714 bits per heavy atom. The standard InChI is InChI=1S/C31H40N2O2/c1-7-32(8-2)26-17-11-22(5)28(20-26)31(25-15-13-24(14-16-25)19-30(34)35)29-21-27(18-12-23(29)6)33(9-3)10-4/h11-18,20-21,31H,7-10,19H2,1-6H3,(H,34,35). The van der Waals surface area contributed by atoms with Crippen LogP contribution in [0.2, 0.25) is 0 Å². The first-order valence-electron chi connectivity index (χ1n) is 12.8. The maximum absolute atomic E-state index is 11.2. The number of carboxylic acids is 1. The third kappa shape index (κ3) is 6.05. The van der Waals surface area contributed by atoms with Gasteiger partial charge in [-0.25, -0.2) is 0 Å². The van der Waals surface area contributed by atoms with Gasteiger partial charge in [0.25, 0.3) is 0 Å². The summed E-state index contributed by atoms with van der Waals surface area (Å²) in [6.45, 7) is 17.0. The summed E-state index contributed by atoms with van der Waals surface area (Å²) in [5, 5.41) is 9.22. The van der Waals surface area contributed by atoms with E-state index in [4.69, 9.17) is 0 Å². The van der Waals surface area contributed by atoms with Crippen molar-refractivity contribution in [2.24, 2.45) is 0 Å². The van der Waals surface area contributed by atoms with Crippen molar-refractivity contribution in [2.45, 2.75) is 53.9 Å². The van der Waals surface area contributed by atoms with E-state index in [1.165, 1.54) is 39.2 Å². The second-order valence-electron chi connectivity index (χ2n) is 9.17. The fraction of sp³-hybridized carbons (Fsp3) is 0.387. The van der Waals surface area contributed by atoms with Crippen LogP contribution >= 0.6 is 0 Å². The number of hydrogen-bond acceptors (Lipinski definition) is 3. The molecule has 0 spiro atoms. The molecule has 0 aromatic heterocycles. The van der Waals surface area contributed by atoms with Gasteiger partial charge in [0.1, 0.15) is 0 Å². The van der Waals surface area contributed by atoms with Crippen LogP contribution in [-0.4, -0.2) is 37.3 Å². The molecule has 0 heterocycles. The van der Waals surface area contributed by atoms with Crippen LogP contribution in [0.1, 0.15) is 67.0 Å². The monoisotopic (exact) mass is 472 g/mol. The second-order valence-corrected chi connectivity index (χ2v) is 9.17. The van der Waals surface area contributed by atoms with Gasteiger partial charge in [0.2, 0.25) is 0 Å². The number of anilines is 2. The van der Waals surface area contributed by atoms with Gasteiger partial charge in [-0.05, 0) is 99.2 Å². The molecule has 0 saturated carbocycles. The van der Waals surface area contributed by atoms with Gasteiger partial charge in [-0.1, -0.05) is 36.4 Å². The lowest BCUT2D eigenvalue weighted by molar-refractivity contribution is -0.136. The van der Waals surface area contributed by atoms with E-state index in [0.29, 0.717) is 0 Å². The summed E-state index contributed by atoms with van der Waals surface area (Å²) >= 11 is 0. The lowest BCUT2D eigenvalue weighted by Gasteiger charge is -2.28. The maximum Gasteiger partial charge on any atom is 0.307 e. The molecule has 0 atom stereocenters. The minimum atomic E-state index is -0.806. The summed E-state index contributed by atoms with van der Waals surface area (Å²) in [6, 6.07) is 21.7. The van der Waals surface area contributed by atoms with E-state index in [1.807, 2.05) is 12.1 Å². The Labute approximate surface area is 211 Å². The van der Waals surface area contributed by atoms with Crippen molar-refractivity contribution in [3.8, 4) is 0 Å². The predicted molar refractivity (Wildman–Crippen MR) is 148 cm³/mol. The van der Waals surface area contributed by atoms with Gasteiger partial charge < -0.3 is 14.9 Å². The molecule has 3 aromatic carbocycles. The van der Waals surface area contributed by atoms with Crippen LogP contribution in [0.3, 0.4) is 0 Å². The first-order valence-corrected chi connectivity index (χ1v) is 12.8. The van der Waals surface area contributed by atoms with Gasteiger partial charge in [0.15, 0.2) is 0 Å². The predicted octanol–water partition coefficient (Wildman–Crippen LogP) is 6.80. The van der Waals surface area contributed by atoms with Crippen LogP contribution in [-0.2, 0) is 11.2 Å². The molecule has 4 heteroatoms. The van der Waals surface area contributed by atoms with Crippen molar-refractivity contribution >= 4 is 17.3 Å². The van der Waals surface area contributed by atoms with Crippen molar-refractivity contribution in [1.82, 2.24) is 0 Å². The molecule has 0 unspecified atom stereocenters. The summed E-state index contributed by atoms with van der Waals surface area (Å²) in [5.74, 6) is -0.750. The molecule has 0 aliphatic carbocycles. The quantitative estimate of drug-likeness (QED) is 0.312. The number of rotatable bonds is 11. The van der Waals surface area contributed by atoms with Crippen LogP contribution < -0.4 is 9.80 Å². The van der Waals surface area contributed by atoms with Gasteiger partial charge in [-0.3, -0.25) is 4.79 Å². The van der Waals surface area contributed by atoms with Crippen molar-refractivity contribution < 1.29 is 9.90 Å². The van der Waals surface area contributed by atoms with E-state index in [2.05, 4.69) is 99.9 Å². The zero-order valence-electron chi connectivity index (χ0n) is 22.1. The second kappa shape index (κ2) is 11.9. The molecule has 35 heavy (non-hydrogen) atoms. The molecule has 4 nitrogen and oxygen atoms in total. The third-order valence-electron chi connectivity index (χ3n) is 7.07. The third-order valence-corrected chi connectivity index (χ3v) is 7.07. The summed E-state index contributed by atoms with van der Waals surface area (Å²) in [4.78, 5) is 16.0. The number of carboxylic acid groups (broad SMARTS) is 1. The van der Waals surface area contributed by atoms with Crippen LogP contribution in [0.4, 0.5) is 11.4 Å². The van der Waals surface area contributed by atoms with Crippen LogP contribution in [0, 0.1) is 13.8 Å². The molecule has 0 amide bonds. The van der Waals surface area contributed by atoms with E-state index in [0.717, 1.165) is 31.7 Å². The lowest BCUT2D eigenvalue weighted by Crippen LogP contribution is -2.23. The molecule has 0 aliphatic heterocycles. The molecule has 0 saturated heterocycles. The minimum Gasteiger partial charge on any atom is -0.481 e. The van der Waals surface area contributed by atoms with Gasteiger partial charge in [-0.15, -0.1) is 0 Å². The van der Waals surface area contributed by atoms with Crippen molar-refractivity contribution in [2.75, 3.05) is 36.0 Å². The maximum atomic E-state index is 11.2. The fourth-order valence-electron chi connectivity index (χ4n) is 4.98. The molecule has 3 aromatic rings. The Hall–Kier alpha value is -3.27. The number of benzene rings is 3. The Bertz CT molecular complexity index is 1070. The minimum absolute atomic E-state index is 0.0396. The SMILES string of the molecule is CCN(CC)c1ccc(C)c(C(c2ccc(CC(=O)O)cc2)c2cc(N(CC)CC)ccc2C)c1. The zero-order chi connectivity index (χ0) is 25.5. The molecule has 1 N–H and O–H groups in total. The Morgan fingerprint density at radius 2 is 1.14 bits per heavy atom. The molecule has 0 radical (unpaired) electrons. The van der Waals surface area contributed by atoms with Crippen molar-refractivity contribution in [3.63, 3.8) is 0 Å². The molecular formula is C31H40N2O2.